The molecule has 0 spiro atoms. The number of imidazole rings is 1. The van der Waals surface area contributed by atoms with E-state index in [1.807, 2.05) is 38.4 Å². The minimum Gasteiger partial charge on any atom is -0.367 e. The van der Waals surface area contributed by atoms with Gasteiger partial charge in [-0.25, -0.2) is 9.98 Å². The zero-order valence-electron chi connectivity index (χ0n) is 17.9. The first-order chi connectivity index (χ1) is 14.4. The van der Waals surface area contributed by atoms with Crippen molar-refractivity contribution in [1.29, 1.82) is 0 Å². The Morgan fingerprint density at radius 1 is 1.13 bits per heavy atom. The highest BCUT2D eigenvalue weighted by Crippen LogP contribution is 2.16. The summed E-state index contributed by atoms with van der Waals surface area (Å²) in [5.41, 5.74) is 1.67. The van der Waals surface area contributed by atoms with Crippen LogP contribution in [0.1, 0.15) is 36.7 Å². The lowest BCUT2D eigenvalue weighted by molar-refractivity contribution is -0.176. The van der Waals surface area contributed by atoms with E-state index in [1.165, 1.54) is 0 Å². The quantitative estimate of drug-likeness (QED) is 0.187. The summed E-state index contributed by atoms with van der Waals surface area (Å²) in [6.45, 7) is 5.70. The number of hydrogen-bond acceptors (Lipinski definition) is 3. The van der Waals surface area contributed by atoms with Crippen LogP contribution in [0.25, 0.3) is 0 Å². The summed E-state index contributed by atoms with van der Waals surface area (Å²) in [6, 6.07) is 7.24. The largest absolute Gasteiger partial charge is 0.411 e. The monoisotopic (exact) mass is 553 g/mol. The molecule has 31 heavy (non-hydrogen) atoms. The number of alkyl halides is 3. The van der Waals surface area contributed by atoms with Crippen molar-refractivity contribution >= 4 is 29.9 Å². The summed E-state index contributed by atoms with van der Waals surface area (Å²) in [7, 11) is 0. The molecule has 2 rings (SSSR count). The Labute approximate surface area is 198 Å². The van der Waals surface area contributed by atoms with E-state index in [0.29, 0.717) is 12.1 Å². The lowest BCUT2D eigenvalue weighted by Crippen LogP contribution is -2.37. The molecule has 0 unspecified atom stereocenters. The number of aryl methyl sites for hydroxylation is 2. The van der Waals surface area contributed by atoms with E-state index in [0.717, 1.165) is 49.8 Å². The maximum absolute atomic E-state index is 12.1. The second-order valence-electron chi connectivity index (χ2n) is 6.92. The molecule has 0 fully saturated rings. The standard InChI is InChI=1S/C21H30F3N5O.HI/c1-3-25-20(27-10-4-5-12-29-13-11-26-17(29)2)28-14-18-6-8-19(9-7-18)15-30-16-21(22,23)24;/h6-9,11,13H,3-5,10,12,14-16H2,1-2H3,(H2,25,27,28);1H. The van der Waals surface area contributed by atoms with Gasteiger partial charge in [-0.3, -0.25) is 0 Å². The number of benzene rings is 1. The predicted molar refractivity (Wildman–Crippen MR) is 127 cm³/mol. The van der Waals surface area contributed by atoms with Gasteiger partial charge in [0.2, 0.25) is 0 Å². The molecular formula is C21H31F3IN5O. The van der Waals surface area contributed by atoms with E-state index in [-0.39, 0.29) is 30.6 Å². The third kappa shape index (κ3) is 11.4. The number of unbranched alkanes of at least 4 members (excludes halogenated alkanes) is 1. The van der Waals surface area contributed by atoms with Crippen molar-refractivity contribution in [3.05, 3.63) is 53.6 Å². The van der Waals surface area contributed by atoms with E-state index in [9.17, 15) is 13.2 Å². The van der Waals surface area contributed by atoms with Gasteiger partial charge in [0.25, 0.3) is 0 Å². The second kappa shape index (κ2) is 14.3. The average Bonchev–Trinajstić information content (AvgIpc) is 3.10. The van der Waals surface area contributed by atoms with Crippen molar-refractivity contribution in [2.45, 2.75) is 52.6 Å². The number of nitrogens with one attached hydrogen (secondary N) is 2. The molecule has 1 aromatic carbocycles. The molecule has 0 aliphatic carbocycles. The van der Waals surface area contributed by atoms with Crippen molar-refractivity contribution in [3.63, 3.8) is 0 Å². The van der Waals surface area contributed by atoms with Gasteiger partial charge in [-0.05, 0) is 37.8 Å². The van der Waals surface area contributed by atoms with Crippen molar-refractivity contribution in [2.24, 2.45) is 4.99 Å². The molecule has 174 valence electrons. The van der Waals surface area contributed by atoms with E-state index >= 15 is 0 Å². The summed E-state index contributed by atoms with van der Waals surface area (Å²) in [5.74, 6) is 1.77. The normalized spacial score (nSPS) is 11.8. The van der Waals surface area contributed by atoms with Crippen molar-refractivity contribution < 1.29 is 17.9 Å². The fourth-order valence-corrected chi connectivity index (χ4v) is 2.79. The van der Waals surface area contributed by atoms with Gasteiger partial charge in [0.15, 0.2) is 5.96 Å². The summed E-state index contributed by atoms with van der Waals surface area (Å²) >= 11 is 0. The first kappa shape index (κ1) is 27.2. The van der Waals surface area contributed by atoms with Crippen LogP contribution in [0.5, 0.6) is 0 Å². The predicted octanol–water partition coefficient (Wildman–Crippen LogP) is 4.42. The maximum Gasteiger partial charge on any atom is 0.411 e. The Hall–Kier alpha value is -1.82. The van der Waals surface area contributed by atoms with Crippen LogP contribution in [0.4, 0.5) is 13.2 Å². The zero-order valence-corrected chi connectivity index (χ0v) is 20.2. The van der Waals surface area contributed by atoms with Gasteiger partial charge in [0.1, 0.15) is 12.4 Å². The van der Waals surface area contributed by atoms with Crippen LogP contribution in [-0.2, 0) is 24.4 Å². The molecule has 0 saturated carbocycles. The van der Waals surface area contributed by atoms with Crippen LogP contribution in [0.15, 0.2) is 41.7 Å². The van der Waals surface area contributed by atoms with E-state index in [2.05, 4.69) is 29.9 Å². The van der Waals surface area contributed by atoms with Crippen molar-refractivity contribution in [3.8, 4) is 0 Å². The maximum atomic E-state index is 12.1. The van der Waals surface area contributed by atoms with Gasteiger partial charge in [-0.1, -0.05) is 24.3 Å². The van der Waals surface area contributed by atoms with Crippen molar-refractivity contribution in [2.75, 3.05) is 19.7 Å². The molecule has 0 atom stereocenters. The van der Waals surface area contributed by atoms with E-state index < -0.39 is 12.8 Å². The molecular weight excluding hydrogens is 522 g/mol. The van der Waals surface area contributed by atoms with Crippen LogP contribution in [0.3, 0.4) is 0 Å². The first-order valence-electron chi connectivity index (χ1n) is 10.1. The minimum absolute atomic E-state index is 0. The van der Waals surface area contributed by atoms with Crippen LogP contribution in [0, 0.1) is 6.92 Å². The van der Waals surface area contributed by atoms with Crippen molar-refractivity contribution in [1.82, 2.24) is 20.2 Å². The molecule has 1 aromatic heterocycles. The molecule has 0 aliphatic heterocycles. The summed E-state index contributed by atoms with van der Waals surface area (Å²) < 4.78 is 43.2. The minimum atomic E-state index is -4.30. The number of aliphatic imine (C=N–C) groups is 1. The van der Waals surface area contributed by atoms with E-state index in [4.69, 9.17) is 0 Å². The number of hydrogen-bond donors (Lipinski definition) is 2. The molecule has 1 heterocycles. The Morgan fingerprint density at radius 2 is 1.84 bits per heavy atom. The fourth-order valence-electron chi connectivity index (χ4n) is 2.79. The first-order valence-corrected chi connectivity index (χ1v) is 10.1. The lowest BCUT2D eigenvalue weighted by Gasteiger charge is -2.12. The molecule has 0 bridgehead atoms. The second-order valence-corrected chi connectivity index (χ2v) is 6.92. The fraction of sp³-hybridized carbons (Fsp3) is 0.524. The Balaban J connectivity index is 0.00000480. The molecule has 0 aliphatic rings. The smallest absolute Gasteiger partial charge is 0.367 e. The highest BCUT2D eigenvalue weighted by atomic mass is 127. The van der Waals surface area contributed by atoms with Gasteiger partial charge in [0.05, 0.1) is 13.2 Å². The average molecular weight is 553 g/mol. The Morgan fingerprint density at radius 3 is 2.45 bits per heavy atom. The Kier molecular flexibility index (Phi) is 12.5. The van der Waals surface area contributed by atoms with Gasteiger partial charge in [-0.15, -0.1) is 24.0 Å². The summed E-state index contributed by atoms with van der Waals surface area (Å²) in [5, 5.41) is 6.54. The van der Waals surface area contributed by atoms with Crippen LogP contribution in [0.2, 0.25) is 0 Å². The molecule has 0 amide bonds. The number of nitrogens with zero attached hydrogens (tertiary/aromatic N) is 3. The highest BCUT2D eigenvalue weighted by molar-refractivity contribution is 14.0. The number of guanidine groups is 1. The molecule has 10 heteroatoms. The van der Waals surface area contributed by atoms with Gasteiger partial charge >= 0.3 is 6.18 Å². The third-order valence-electron chi connectivity index (χ3n) is 4.36. The topological polar surface area (TPSA) is 63.5 Å². The van der Waals surface area contributed by atoms with Gasteiger partial charge in [-0.2, -0.15) is 13.2 Å². The van der Waals surface area contributed by atoms with E-state index in [1.54, 1.807) is 12.1 Å². The molecule has 0 radical (unpaired) electrons. The number of rotatable bonds is 11. The molecule has 0 saturated heterocycles. The summed E-state index contributed by atoms with van der Waals surface area (Å²) in [4.78, 5) is 8.79. The van der Waals surface area contributed by atoms with Gasteiger partial charge in [0, 0.05) is 32.0 Å². The van der Waals surface area contributed by atoms with Crippen LogP contribution in [-0.4, -0.2) is 41.4 Å². The SMILES string of the molecule is CCNC(=NCc1ccc(COCC(F)(F)F)cc1)NCCCCn1ccnc1C.I. The number of halogens is 4. The number of ether oxygens (including phenoxy) is 1. The molecule has 2 aromatic rings. The lowest BCUT2D eigenvalue weighted by atomic mass is 10.1. The summed E-state index contributed by atoms with van der Waals surface area (Å²) in [6.07, 6.45) is 1.55. The molecule has 6 nitrogen and oxygen atoms in total. The number of aromatic nitrogens is 2. The van der Waals surface area contributed by atoms with Crippen LogP contribution >= 0.6 is 24.0 Å². The zero-order chi connectivity index (χ0) is 21.8. The van der Waals surface area contributed by atoms with Gasteiger partial charge < -0.3 is 19.9 Å². The Bertz CT molecular complexity index is 778. The highest BCUT2D eigenvalue weighted by Gasteiger charge is 2.27. The third-order valence-corrected chi connectivity index (χ3v) is 4.36. The van der Waals surface area contributed by atoms with Crippen LogP contribution < -0.4 is 10.6 Å². The molecule has 2 N–H and O–H groups in total.